The van der Waals surface area contributed by atoms with E-state index in [1.165, 1.54) is 0 Å². The van der Waals surface area contributed by atoms with Crippen LogP contribution in [0.2, 0.25) is 0 Å². The highest BCUT2D eigenvalue weighted by Crippen LogP contribution is 2.15. The molecule has 1 amide bonds. The number of carbonyl (C=O) groups excluding carboxylic acids is 1. The SMILES string of the molecule is C[C@H](C(=O)Nc1cccc(C#N)c1)N1CCN(c2ccccn2)CC1. The van der Waals surface area contributed by atoms with Crippen LogP contribution in [-0.2, 0) is 4.79 Å². The number of anilines is 2. The number of benzene rings is 1. The minimum absolute atomic E-state index is 0.0543. The van der Waals surface area contributed by atoms with Gasteiger partial charge in [0.15, 0.2) is 0 Å². The van der Waals surface area contributed by atoms with Crippen molar-refractivity contribution in [3.63, 3.8) is 0 Å². The average molecular weight is 335 g/mol. The first-order chi connectivity index (χ1) is 12.2. The predicted molar refractivity (Wildman–Crippen MR) is 97.3 cm³/mol. The fourth-order valence-corrected chi connectivity index (χ4v) is 2.96. The van der Waals surface area contributed by atoms with Crippen molar-refractivity contribution < 1.29 is 4.79 Å². The number of hydrogen-bond acceptors (Lipinski definition) is 5. The maximum atomic E-state index is 12.5. The summed E-state index contributed by atoms with van der Waals surface area (Å²) in [7, 11) is 0. The van der Waals surface area contributed by atoms with Crippen LogP contribution in [0.15, 0.2) is 48.7 Å². The summed E-state index contributed by atoms with van der Waals surface area (Å²) in [6, 6.07) is 14.7. The second-order valence-corrected chi connectivity index (χ2v) is 6.07. The number of carbonyl (C=O) groups is 1. The van der Waals surface area contributed by atoms with Gasteiger partial charge >= 0.3 is 0 Å². The zero-order valence-corrected chi connectivity index (χ0v) is 14.2. The summed E-state index contributed by atoms with van der Waals surface area (Å²) in [6.45, 7) is 5.23. The molecular formula is C19H21N5O. The lowest BCUT2D eigenvalue weighted by atomic mass is 10.2. The van der Waals surface area contributed by atoms with Gasteiger partial charge in [0.05, 0.1) is 17.7 Å². The molecule has 0 aliphatic carbocycles. The van der Waals surface area contributed by atoms with E-state index in [1.54, 1.807) is 30.5 Å². The Kier molecular flexibility index (Phi) is 5.26. The minimum Gasteiger partial charge on any atom is -0.354 e. The van der Waals surface area contributed by atoms with Gasteiger partial charge in [-0.2, -0.15) is 5.26 Å². The molecular weight excluding hydrogens is 314 g/mol. The molecule has 3 rings (SSSR count). The van der Waals surface area contributed by atoms with Crippen LogP contribution in [0, 0.1) is 11.3 Å². The van der Waals surface area contributed by atoms with E-state index in [4.69, 9.17) is 5.26 Å². The average Bonchev–Trinajstić information content (AvgIpc) is 2.68. The first-order valence-corrected chi connectivity index (χ1v) is 8.38. The Morgan fingerprint density at radius 3 is 2.68 bits per heavy atom. The molecule has 6 nitrogen and oxygen atoms in total. The Bertz CT molecular complexity index is 763. The third-order valence-corrected chi connectivity index (χ3v) is 4.47. The second-order valence-electron chi connectivity index (χ2n) is 6.07. The van der Waals surface area contributed by atoms with E-state index >= 15 is 0 Å². The lowest BCUT2D eigenvalue weighted by Crippen LogP contribution is -2.53. The van der Waals surface area contributed by atoms with Crippen LogP contribution in [-0.4, -0.2) is 48.0 Å². The molecule has 25 heavy (non-hydrogen) atoms. The molecule has 2 heterocycles. The van der Waals surface area contributed by atoms with Gasteiger partial charge in [-0.3, -0.25) is 9.69 Å². The van der Waals surface area contributed by atoms with Crippen molar-refractivity contribution in [3.05, 3.63) is 54.2 Å². The Hall–Kier alpha value is -2.91. The highest BCUT2D eigenvalue weighted by molar-refractivity contribution is 5.94. The van der Waals surface area contributed by atoms with Crippen molar-refractivity contribution >= 4 is 17.4 Å². The zero-order chi connectivity index (χ0) is 17.6. The maximum absolute atomic E-state index is 12.5. The molecule has 0 bridgehead atoms. The Balaban J connectivity index is 1.56. The van der Waals surface area contributed by atoms with Crippen molar-refractivity contribution in [1.82, 2.24) is 9.88 Å². The summed E-state index contributed by atoms with van der Waals surface area (Å²) in [5, 5.41) is 11.8. The van der Waals surface area contributed by atoms with E-state index in [2.05, 4.69) is 26.2 Å². The van der Waals surface area contributed by atoms with Crippen molar-refractivity contribution in [2.75, 3.05) is 36.4 Å². The summed E-state index contributed by atoms with van der Waals surface area (Å²) in [4.78, 5) is 21.3. The summed E-state index contributed by atoms with van der Waals surface area (Å²) in [6.07, 6.45) is 1.80. The number of piperazine rings is 1. The quantitative estimate of drug-likeness (QED) is 0.926. The molecule has 6 heteroatoms. The molecule has 0 radical (unpaired) electrons. The lowest BCUT2D eigenvalue weighted by Gasteiger charge is -2.37. The number of hydrogen-bond donors (Lipinski definition) is 1. The Morgan fingerprint density at radius 1 is 1.20 bits per heavy atom. The largest absolute Gasteiger partial charge is 0.354 e. The number of nitriles is 1. The fraction of sp³-hybridized carbons (Fsp3) is 0.316. The second kappa shape index (κ2) is 7.77. The molecule has 128 valence electrons. The van der Waals surface area contributed by atoms with Crippen molar-refractivity contribution in [3.8, 4) is 6.07 Å². The number of nitrogens with zero attached hydrogens (tertiary/aromatic N) is 4. The summed E-state index contributed by atoms with van der Waals surface area (Å²) in [5.41, 5.74) is 1.19. The topological polar surface area (TPSA) is 72.3 Å². The monoisotopic (exact) mass is 335 g/mol. The van der Waals surface area contributed by atoms with Crippen LogP contribution in [0.5, 0.6) is 0 Å². The summed E-state index contributed by atoms with van der Waals surface area (Å²) >= 11 is 0. The molecule has 1 atom stereocenters. The van der Waals surface area contributed by atoms with E-state index in [0.717, 1.165) is 32.0 Å². The van der Waals surface area contributed by atoms with Crippen LogP contribution >= 0.6 is 0 Å². The van der Waals surface area contributed by atoms with Crippen LogP contribution < -0.4 is 10.2 Å². The van der Waals surface area contributed by atoms with E-state index in [1.807, 2.05) is 25.1 Å². The molecule has 1 fully saturated rings. The molecule has 0 spiro atoms. The van der Waals surface area contributed by atoms with Crippen molar-refractivity contribution in [2.45, 2.75) is 13.0 Å². The van der Waals surface area contributed by atoms with E-state index in [0.29, 0.717) is 11.3 Å². The number of pyridine rings is 1. The highest BCUT2D eigenvalue weighted by atomic mass is 16.2. The van der Waals surface area contributed by atoms with Gasteiger partial charge in [0.2, 0.25) is 5.91 Å². The number of nitrogens with one attached hydrogen (secondary N) is 1. The minimum atomic E-state index is -0.225. The van der Waals surface area contributed by atoms with Gasteiger partial charge in [-0.15, -0.1) is 0 Å². The van der Waals surface area contributed by atoms with Gasteiger partial charge in [-0.25, -0.2) is 4.98 Å². The number of rotatable bonds is 4. The molecule has 1 N–H and O–H groups in total. The Labute approximate surface area is 147 Å². The third-order valence-electron chi connectivity index (χ3n) is 4.47. The van der Waals surface area contributed by atoms with Crippen molar-refractivity contribution in [1.29, 1.82) is 5.26 Å². The summed E-state index contributed by atoms with van der Waals surface area (Å²) in [5.74, 6) is 0.925. The molecule has 1 aromatic heterocycles. The molecule has 0 unspecified atom stereocenters. The van der Waals surface area contributed by atoms with Gasteiger partial charge < -0.3 is 10.2 Å². The normalized spacial score (nSPS) is 16.1. The van der Waals surface area contributed by atoms with E-state index in [9.17, 15) is 4.79 Å². The van der Waals surface area contributed by atoms with E-state index in [-0.39, 0.29) is 11.9 Å². The number of amides is 1. The van der Waals surface area contributed by atoms with Gasteiger partial charge in [0.25, 0.3) is 0 Å². The predicted octanol–water partition coefficient (Wildman–Crippen LogP) is 2.10. The van der Waals surface area contributed by atoms with Gasteiger partial charge in [-0.05, 0) is 37.3 Å². The molecule has 1 aliphatic rings. The summed E-state index contributed by atoms with van der Waals surface area (Å²) < 4.78 is 0. The van der Waals surface area contributed by atoms with Crippen LogP contribution in [0.25, 0.3) is 0 Å². The fourth-order valence-electron chi connectivity index (χ4n) is 2.96. The van der Waals surface area contributed by atoms with Crippen molar-refractivity contribution in [2.24, 2.45) is 0 Å². The molecule has 1 aromatic carbocycles. The van der Waals surface area contributed by atoms with Crippen LogP contribution in [0.4, 0.5) is 11.5 Å². The van der Waals surface area contributed by atoms with E-state index < -0.39 is 0 Å². The van der Waals surface area contributed by atoms with Gasteiger partial charge in [-0.1, -0.05) is 12.1 Å². The van der Waals surface area contributed by atoms with Crippen LogP contribution in [0.1, 0.15) is 12.5 Å². The molecule has 1 aliphatic heterocycles. The lowest BCUT2D eigenvalue weighted by molar-refractivity contribution is -0.120. The maximum Gasteiger partial charge on any atom is 0.241 e. The molecule has 0 saturated carbocycles. The highest BCUT2D eigenvalue weighted by Gasteiger charge is 2.26. The molecule has 2 aromatic rings. The zero-order valence-electron chi connectivity index (χ0n) is 14.2. The standard InChI is InChI=1S/C19H21N5O/c1-15(19(25)22-17-6-4-5-16(13-17)14-20)23-9-11-24(12-10-23)18-7-2-3-8-21-18/h2-8,13,15H,9-12H2,1H3,(H,22,25)/t15-/m1/s1. The smallest absolute Gasteiger partial charge is 0.241 e. The number of aromatic nitrogens is 1. The molecule has 1 saturated heterocycles. The van der Waals surface area contributed by atoms with Gasteiger partial charge in [0.1, 0.15) is 5.82 Å². The van der Waals surface area contributed by atoms with Crippen LogP contribution in [0.3, 0.4) is 0 Å². The third kappa shape index (κ3) is 4.14. The Morgan fingerprint density at radius 2 is 2.00 bits per heavy atom. The first kappa shape index (κ1) is 16.9. The first-order valence-electron chi connectivity index (χ1n) is 8.38. The van der Waals surface area contributed by atoms with Gasteiger partial charge in [0, 0.05) is 38.1 Å².